The minimum atomic E-state index is -2.87. The lowest BCUT2D eigenvalue weighted by molar-refractivity contribution is -0.0560. The second-order valence-electron chi connectivity index (χ2n) is 4.89. The summed E-state index contributed by atoms with van der Waals surface area (Å²) in [5.41, 5.74) is 11.1. The number of alkyl halides is 2. The molecule has 2 rings (SSSR count). The van der Waals surface area contributed by atoms with Crippen LogP contribution in [0.4, 0.5) is 14.5 Å². The van der Waals surface area contributed by atoms with E-state index in [1.807, 2.05) is 0 Å². The fraction of sp³-hybridized carbons (Fsp3) is 0.385. The summed E-state index contributed by atoms with van der Waals surface area (Å²) in [5, 5.41) is 0. The lowest BCUT2D eigenvalue weighted by Crippen LogP contribution is -2.45. The Kier molecular flexibility index (Phi) is 3.61. The van der Waals surface area contributed by atoms with Crippen molar-refractivity contribution in [2.75, 3.05) is 18.8 Å². The van der Waals surface area contributed by atoms with Crippen molar-refractivity contribution in [2.24, 2.45) is 5.73 Å². The molecule has 2 amide bonds. The molecule has 4 N–H and O–H groups in total. The Hall–Kier alpha value is -2.18. The van der Waals surface area contributed by atoms with E-state index < -0.39 is 24.3 Å². The van der Waals surface area contributed by atoms with Crippen LogP contribution in [0.5, 0.6) is 0 Å². The Morgan fingerprint density at radius 3 is 2.45 bits per heavy atom. The largest absolute Gasteiger partial charge is 0.399 e. The fourth-order valence-corrected chi connectivity index (χ4v) is 2.24. The fourth-order valence-electron chi connectivity index (χ4n) is 2.24. The van der Waals surface area contributed by atoms with Gasteiger partial charge >= 0.3 is 0 Å². The number of likely N-dealkylation sites (tertiary alicyclic amines) is 1. The molecule has 0 atom stereocenters. The summed E-state index contributed by atoms with van der Waals surface area (Å²) in [6.45, 7) is -0.359. The zero-order chi connectivity index (χ0) is 14.9. The number of carbonyl (C=O) groups is 2. The molecule has 0 bridgehead atoms. The third kappa shape index (κ3) is 3.04. The van der Waals surface area contributed by atoms with E-state index in [2.05, 4.69) is 0 Å². The van der Waals surface area contributed by atoms with E-state index >= 15 is 0 Å². The number of hydrogen-bond donors (Lipinski definition) is 2. The summed E-state index contributed by atoms with van der Waals surface area (Å²) in [5.74, 6) is -4.17. The summed E-state index contributed by atoms with van der Waals surface area (Å²) in [6, 6.07) is 3.96. The van der Waals surface area contributed by atoms with E-state index in [-0.39, 0.29) is 36.2 Å². The predicted molar refractivity (Wildman–Crippen MR) is 69.5 cm³/mol. The van der Waals surface area contributed by atoms with Crippen LogP contribution in [0.25, 0.3) is 0 Å². The summed E-state index contributed by atoms with van der Waals surface area (Å²) >= 11 is 0. The van der Waals surface area contributed by atoms with E-state index in [9.17, 15) is 18.4 Å². The first-order valence-corrected chi connectivity index (χ1v) is 6.16. The SMILES string of the molecule is NC(=O)c1cc(N)cc(C(=O)N2CCCC(F)(F)C2)c1. The maximum atomic E-state index is 13.3. The van der Waals surface area contributed by atoms with Gasteiger partial charge < -0.3 is 16.4 Å². The number of nitrogens with zero attached hydrogens (tertiary/aromatic N) is 1. The predicted octanol–water partition coefficient (Wildman–Crippen LogP) is 1.24. The average Bonchev–Trinajstić information content (AvgIpc) is 2.35. The second-order valence-corrected chi connectivity index (χ2v) is 4.89. The van der Waals surface area contributed by atoms with Crippen LogP contribution in [-0.4, -0.2) is 35.7 Å². The quantitative estimate of drug-likeness (QED) is 0.800. The lowest BCUT2D eigenvalue weighted by Gasteiger charge is -2.32. The number of nitrogens with two attached hydrogens (primary N) is 2. The number of nitrogen functional groups attached to an aromatic ring is 1. The van der Waals surface area contributed by atoms with Crippen LogP contribution in [0, 0.1) is 0 Å². The van der Waals surface area contributed by atoms with E-state index in [1.165, 1.54) is 18.2 Å². The van der Waals surface area contributed by atoms with Gasteiger partial charge in [-0.3, -0.25) is 9.59 Å². The third-order valence-electron chi connectivity index (χ3n) is 3.17. The average molecular weight is 283 g/mol. The van der Waals surface area contributed by atoms with E-state index in [4.69, 9.17) is 11.5 Å². The molecule has 1 fully saturated rings. The number of primary amides is 1. The number of anilines is 1. The molecular weight excluding hydrogens is 268 g/mol. The molecule has 1 aliphatic rings. The van der Waals surface area contributed by atoms with Crippen molar-refractivity contribution in [3.63, 3.8) is 0 Å². The summed E-state index contributed by atoms with van der Waals surface area (Å²) in [4.78, 5) is 24.4. The maximum absolute atomic E-state index is 13.3. The molecule has 0 spiro atoms. The van der Waals surface area contributed by atoms with Gasteiger partial charge in [-0.1, -0.05) is 0 Å². The second kappa shape index (κ2) is 5.07. The number of piperidine rings is 1. The molecule has 1 aromatic rings. The Morgan fingerprint density at radius 1 is 1.20 bits per heavy atom. The molecule has 0 radical (unpaired) electrons. The van der Waals surface area contributed by atoms with Gasteiger partial charge in [0.2, 0.25) is 5.91 Å². The number of amides is 2. The van der Waals surface area contributed by atoms with Gasteiger partial charge in [0.05, 0.1) is 6.54 Å². The molecule has 1 aromatic carbocycles. The molecule has 0 saturated carbocycles. The van der Waals surface area contributed by atoms with Crippen molar-refractivity contribution < 1.29 is 18.4 Å². The number of halogens is 2. The Morgan fingerprint density at radius 2 is 1.85 bits per heavy atom. The zero-order valence-corrected chi connectivity index (χ0v) is 10.7. The molecule has 7 heteroatoms. The Bertz CT molecular complexity index is 561. The van der Waals surface area contributed by atoms with Crippen molar-refractivity contribution in [1.29, 1.82) is 0 Å². The molecular formula is C13H15F2N3O2. The van der Waals surface area contributed by atoms with Crippen LogP contribution in [-0.2, 0) is 0 Å². The monoisotopic (exact) mass is 283 g/mol. The molecule has 1 aliphatic heterocycles. The molecule has 0 unspecified atom stereocenters. The van der Waals surface area contributed by atoms with E-state index in [0.717, 1.165) is 4.90 Å². The summed E-state index contributed by atoms with van der Waals surface area (Å²) < 4.78 is 26.6. The number of hydrogen-bond acceptors (Lipinski definition) is 3. The molecule has 1 heterocycles. The van der Waals surface area contributed by atoms with Crippen LogP contribution in [0.1, 0.15) is 33.6 Å². The molecule has 1 saturated heterocycles. The van der Waals surface area contributed by atoms with Crippen molar-refractivity contribution in [3.05, 3.63) is 29.3 Å². The Balaban J connectivity index is 2.27. The summed E-state index contributed by atoms with van der Waals surface area (Å²) in [7, 11) is 0. The van der Waals surface area contributed by atoms with Crippen molar-refractivity contribution in [3.8, 4) is 0 Å². The number of benzene rings is 1. The maximum Gasteiger partial charge on any atom is 0.265 e. The van der Waals surface area contributed by atoms with Crippen LogP contribution < -0.4 is 11.5 Å². The smallest absolute Gasteiger partial charge is 0.265 e. The zero-order valence-electron chi connectivity index (χ0n) is 10.7. The van der Waals surface area contributed by atoms with Gasteiger partial charge in [0.25, 0.3) is 11.8 Å². The number of carbonyl (C=O) groups excluding carboxylic acids is 2. The molecule has 5 nitrogen and oxygen atoms in total. The first kappa shape index (κ1) is 14.2. The van der Waals surface area contributed by atoms with Gasteiger partial charge in [-0.25, -0.2) is 8.78 Å². The van der Waals surface area contributed by atoms with Gasteiger partial charge in [-0.15, -0.1) is 0 Å². The molecule has 0 aliphatic carbocycles. The van der Waals surface area contributed by atoms with Crippen LogP contribution in [0.15, 0.2) is 18.2 Å². The van der Waals surface area contributed by atoms with Gasteiger partial charge in [0.15, 0.2) is 0 Å². The van der Waals surface area contributed by atoms with Gasteiger partial charge in [-0.05, 0) is 24.6 Å². The van der Waals surface area contributed by atoms with Crippen LogP contribution >= 0.6 is 0 Å². The first-order valence-electron chi connectivity index (χ1n) is 6.16. The first-order chi connectivity index (χ1) is 9.28. The highest BCUT2D eigenvalue weighted by Gasteiger charge is 2.37. The van der Waals surface area contributed by atoms with Gasteiger partial charge in [0, 0.05) is 29.8 Å². The molecule has 0 aromatic heterocycles. The topological polar surface area (TPSA) is 89.4 Å². The van der Waals surface area contributed by atoms with Crippen molar-refractivity contribution in [1.82, 2.24) is 4.90 Å². The highest BCUT2D eigenvalue weighted by Crippen LogP contribution is 2.27. The van der Waals surface area contributed by atoms with Crippen molar-refractivity contribution in [2.45, 2.75) is 18.8 Å². The van der Waals surface area contributed by atoms with Crippen LogP contribution in [0.2, 0.25) is 0 Å². The minimum Gasteiger partial charge on any atom is -0.399 e. The lowest BCUT2D eigenvalue weighted by atomic mass is 10.0. The highest BCUT2D eigenvalue weighted by molar-refractivity contribution is 6.00. The van der Waals surface area contributed by atoms with E-state index in [0.29, 0.717) is 0 Å². The van der Waals surface area contributed by atoms with Gasteiger partial charge in [-0.2, -0.15) is 0 Å². The van der Waals surface area contributed by atoms with Crippen LogP contribution in [0.3, 0.4) is 0 Å². The Labute approximate surface area is 114 Å². The standard InChI is InChI=1S/C13H15F2N3O2/c14-13(15)2-1-3-18(7-13)12(20)9-4-8(11(17)19)5-10(16)6-9/h4-6H,1-3,7,16H2,(H2,17,19). The summed E-state index contributed by atoms with van der Waals surface area (Å²) in [6.07, 6.45) is 0.0178. The molecule has 108 valence electrons. The minimum absolute atomic E-state index is 0.0807. The highest BCUT2D eigenvalue weighted by atomic mass is 19.3. The van der Waals surface area contributed by atoms with Gasteiger partial charge in [0.1, 0.15) is 0 Å². The van der Waals surface area contributed by atoms with E-state index in [1.54, 1.807) is 0 Å². The third-order valence-corrected chi connectivity index (χ3v) is 3.17. The normalized spacial score (nSPS) is 17.8. The molecule has 20 heavy (non-hydrogen) atoms. The number of rotatable bonds is 2. The van der Waals surface area contributed by atoms with Crippen molar-refractivity contribution >= 4 is 17.5 Å².